The number of fused-ring (bicyclic) bond motifs is 1. The zero-order chi connectivity index (χ0) is 16.6. The molecule has 0 N–H and O–H groups in total. The molecule has 0 radical (unpaired) electrons. The molecule has 23 heavy (non-hydrogen) atoms. The molecule has 3 rings (SSSR count). The van der Waals surface area contributed by atoms with Crippen molar-refractivity contribution < 1.29 is 17.9 Å². The molecule has 1 aliphatic heterocycles. The minimum Gasteiger partial charge on any atom is -0.457 e. The molecular weight excluding hydrogens is 356 g/mol. The molecule has 0 saturated carbocycles. The maximum absolute atomic E-state index is 12.2. The van der Waals surface area contributed by atoms with Crippen LogP contribution < -0.4 is 4.90 Å². The normalized spacial score (nSPS) is 20.0. The van der Waals surface area contributed by atoms with Crippen molar-refractivity contribution in [2.45, 2.75) is 26.4 Å². The molecule has 2 aromatic rings. The number of hydrogen-bond donors (Lipinski definition) is 0. The largest absolute Gasteiger partial charge is 0.457 e. The summed E-state index contributed by atoms with van der Waals surface area (Å²) in [7, 11) is -3.05. The predicted octanol–water partition coefficient (Wildman–Crippen LogP) is 2.55. The van der Waals surface area contributed by atoms with Crippen LogP contribution in [0.25, 0.3) is 9.53 Å². The van der Waals surface area contributed by atoms with Crippen molar-refractivity contribution >= 4 is 53.1 Å². The highest BCUT2D eigenvalue weighted by Gasteiger charge is 2.31. The summed E-state index contributed by atoms with van der Waals surface area (Å²) in [6.07, 6.45) is -0.134. The molecule has 0 amide bonds. The lowest BCUT2D eigenvalue weighted by Gasteiger charge is -2.16. The first-order valence-electron chi connectivity index (χ1n) is 7.48. The maximum atomic E-state index is 12.2. The Morgan fingerprint density at radius 3 is 2.70 bits per heavy atom. The van der Waals surface area contributed by atoms with Crippen molar-refractivity contribution in [2.24, 2.45) is 0 Å². The van der Waals surface area contributed by atoms with E-state index in [2.05, 4.69) is 23.7 Å². The topological polar surface area (TPSA) is 76.6 Å². The van der Waals surface area contributed by atoms with E-state index in [-0.39, 0.29) is 11.5 Å². The molecule has 1 atom stereocenters. The summed E-state index contributed by atoms with van der Waals surface area (Å²) in [5.74, 6) is -0.422. The predicted molar refractivity (Wildman–Crippen MR) is 93.5 cm³/mol. The fraction of sp³-hybridized carbons (Fsp3) is 0.571. The number of anilines is 1. The van der Waals surface area contributed by atoms with E-state index >= 15 is 0 Å². The zero-order valence-corrected chi connectivity index (χ0v) is 15.4. The van der Waals surface area contributed by atoms with Crippen LogP contribution in [0.2, 0.25) is 0 Å². The fourth-order valence-corrected chi connectivity index (χ4v) is 6.33. The smallest absolute Gasteiger partial charge is 0.348 e. The van der Waals surface area contributed by atoms with Crippen LogP contribution in [0.4, 0.5) is 5.13 Å². The molecule has 0 bridgehead atoms. The van der Waals surface area contributed by atoms with Crippen molar-refractivity contribution in [3.63, 3.8) is 0 Å². The van der Waals surface area contributed by atoms with Gasteiger partial charge < -0.3 is 9.64 Å². The lowest BCUT2D eigenvalue weighted by atomic mass is 10.3. The summed E-state index contributed by atoms with van der Waals surface area (Å²) < 4.78 is 29.1. The fourth-order valence-electron chi connectivity index (χ4n) is 2.52. The van der Waals surface area contributed by atoms with E-state index in [1.54, 1.807) is 17.4 Å². The number of thiophene rings is 1. The summed E-state index contributed by atoms with van der Waals surface area (Å²) >= 11 is 2.85. The molecule has 0 spiro atoms. The quantitative estimate of drug-likeness (QED) is 0.749. The van der Waals surface area contributed by atoms with Crippen LogP contribution in [0.3, 0.4) is 0 Å². The third-order valence-electron chi connectivity index (χ3n) is 3.78. The first-order valence-corrected chi connectivity index (χ1v) is 10.9. The van der Waals surface area contributed by atoms with E-state index in [1.807, 2.05) is 0 Å². The highest BCUT2D eigenvalue weighted by atomic mass is 32.2. The molecule has 1 fully saturated rings. The van der Waals surface area contributed by atoms with Crippen molar-refractivity contribution in [3.8, 4) is 0 Å². The van der Waals surface area contributed by atoms with E-state index in [4.69, 9.17) is 4.74 Å². The number of sulfone groups is 1. The number of hydrogen-bond acceptors (Lipinski definition) is 8. The van der Waals surface area contributed by atoms with E-state index < -0.39 is 21.9 Å². The van der Waals surface area contributed by atoms with Crippen molar-refractivity contribution in [1.29, 1.82) is 0 Å². The second kappa shape index (κ2) is 6.37. The van der Waals surface area contributed by atoms with E-state index in [0.29, 0.717) is 11.3 Å². The Bertz CT molecular complexity index is 789. The number of carbonyl (C=O) groups excluding carboxylic acids is 1. The van der Waals surface area contributed by atoms with Gasteiger partial charge in [-0.05, 0) is 26.3 Å². The molecule has 9 heteroatoms. The van der Waals surface area contributed by atoms with Gasteiger partial charge in [0.25, 0.3) is 0 Å². The second-order valence-corrected chi connectivity index (χ2v) is 9.65. The van der Waals surface area contributed by atoms with Gasteiger partial charge in [-0.1, -0.05) is 11.3 Å². The molecule has 1 aliphatic rings. The number of ether oxygens (including phenoxy) is 1. The number of aromatic nitrogens is 1. The Morgan fingerprint density at radius 1 is 1.39 bits per heavy atom. The Hall–Kier alpha value is -1.19. The van der Waals surface area contributed by atoms with Crippen LogP contribution in [-0.4, -0.2) is 50.1 Å². The number of rotatable bonds is 5. The van der Waals surface area contributed by atoms with E-state index in [9.17, 15) is 13.2 Å². The molecule has 6 nitrogen and oxygen atoms in total. The molecule has 0 aliphatic carbocycles. The summed E-state index contributed by atoms with van der Waals surface area (Å²) in [5, 5.41) is 0.957. The average molecular weight is 375 g/mol. The molecule has 3 heterocycles. The summed E-state index contributed by atoms with van der Waals surface area (Å²) in [6.45, 7) is 5.94. The molecule has 1 unspecified atom stereocenters. The molecule has 1 saturated heterocycles. The van der Waals surface area contributed by atoms with Gasteiger partial charge >= 0.3 is 5.97 Å². The van der Waals surface area contributed by atoms with Crippen molar-refractivity contribution in [1.82, 2.24) is 4.98 Å². The standard InChI is InChI=1S/C14H18N2O4S3/c1-3-16(4-2)14-15-12-10(22-14)7-11(21-12)13(17)20-9-5-6-23(18,19)8-9/h7,9H,3-6,8H2,1-2H3. The van der Waals surface area contributed by atoms with Gasteiger partial charge in [-0.3, -0.25) is 0 Å². The third kappa shape index (κ3) is 3.51. The van der Waals surface area contributed by atoms with Gasteiger partial charge in [0.1, 0.15) is 15.8 Å². The van der Waals surface area contributed by atoms with Crippen LogP contribution in [0.1, 0.15) is 29.9 Å². The Balaban J connectivity index is 1.73. The van der Waals surface area contributed by atoms with Crippen molar-refractivity contribution in [3.05, 3.63) is 10.9 Å². The highest BCUT2D eigenvalue weighted by Crippen LogP contribution is 2.35. The third-order valence-corrected chi connectivity index (χ3v) is 7.72. The number of carbonyl (C=O) groups is 1. The van der Waals surface area contributed by atoms with Crippen LogP contribution in [0.15, 0.2) is 6.07 Å². The van der Waals surface area contributed by atoms with Gasteiger partial charge in [-0.25, -0.2) is 18.2 Å². The molecule has 126 valence electrons. The second-order valence-electron chi connectivity index (χ2n) is 5.38. The monoisotopic (exact) mass is 374 g/mol. The Labute approximate surface area is 143 Å². The van der Waals surface area contributed by atoms with Gasteiger partial charge in [0.05, 0.1) is 16.2 Å². The van der Waals surface area contributed by atoms with Crippen LogP contribution in [0.5, 0.6) is 0 Å². The van der Waals surface area contributed by atoms with Gasteiger partial charge in [0.2, 0.25) is 0 Å². The van der Waals surface area contributed by atoms with Gasteiger partial charge in [0.15, 0.2) is 15.0 Å². The van der Waals surface area contributed by atoms with Crippen LogP contribution in [0, 0.1) is 0 Å². The highest BCUT2D eigenvalue weighted by molar-refractivity contribution is 7.91. The SMILES string of the molecule is CCN(CC)c1nc2sc(C(=O)OC3CCS(=O)(=O)C3)cc2s1. The molecule has 0 aromatic carbocycles. The number of thiazole rings is 1. The average Bonchev–Trinajstić information content (AvgIpc) is 3.13. The first kappa shape index (κ1) is 16.7. The minimum atomic E-state index is -3.05. The maximum Gasteiger partial charge on any atom is 0.348 e. The number of nitrogens with zero attached hydrogens (tertiary/aromatic N) is 2. The Kier molecular flexibility index (Phi) is 4.61. The van der Waals surface area contributed by atoms with Crippen LogP contribution in [-0.2, 0) is 14.6 Å². The Morgan fingerprint density at radius 2 is 2.13 bits per heavy atom. The zero-order valence-electron chi connectivity index (χ0n) is 12.9. The number of esters is 1. The first-order chi connectivity index (χ1) is 10.9. The summed E-state index contributed by atoms with van der Waals surface area (Å²) in [4.78, 5) is 20.2. The van der Waals surface area contributed by atoms with Gasteiger partial charge in [-0.2, -0.15) is 0 Å². The lowest BCUT2D eigenvalue weighted by Crippen LogP contribution is -2.21. The summed E-state index contributed by atoms with van der Waals surface area (Å²) in [5.41, 5.74) is 0. The molecular formula is C14H18N2O4S3. The van der Waals surface area contributed by atoms with E-state index in [0.717, 1.165) is 27.8 Å². The van der Waals surface area contributed by atoms with Gasteiger partial charge in [0, 0.05) is 13.1 Å². The van der Waals surface area contributed by atoms with Gasteiger partial charge in [-0.15, -0.1) is 11.3 Å². The summed E-state index contributed by atoms with van der Waals surface area (Å²) in [6, 6.07) is 1.79. The van der Waals surface area contributed by atoms with Crippen molar-refractivity contribution in [2.75, 3.05) is 29.5 Å². The lowest BCUT2D eigenvalue weighted by molar-refractivity contribution is 0.0362. The van der Waals surface area contributed by atoms with E-state index in [1.165, 1.54) is 11.3 Å². The molecule has 2 aromatic heterocycles. The minimum absolute atomic E-state index is 0.0666. The van der Waals surface area contributed by atoms with Crippen LogP contribution >= 0.6 is 22.7 Å².